The van der Waals surface area contributed by atoms with Crippen molar-refractivity contribution in [1.82, 2.24) is 5.32 Å². The number of ether oxygens (including phenoxy) is 1. The summed E-state index contributed by atoms with van der Waals surface area (Å²) in [5.41, 5.74) is 3.66. The van der Waals surface area contributed by atoms with E-state index in [0.29, 0.717) is 11.3 Å². The van der Waals surface area contributed by atoms with Crippen LogP contribution in [0.5, 0.6) is 5.75 Å². The topological polar surface area (TPSA) is 88.2 Å². The average Bonchev–Trinajstić information content (AvgIpc) is 2.55. The second kappa shape index (κ2) is 6.91. The maximum absolute atomic E-state index is 15.6. The Kier molecular flexibility index (Phi) is 4.95. The Hall–Kier alpha value is -2.89. The highest BCUT2D eigenvalue weighted by Crippen LogP contribution is 2.31. The van der Waals surface area contributed by atoms with E-state index in [4.69, 9.17) is 15.9 Å². The van der Waals surface area contributed by atoms with Crippen molar-refractivity contribution in [1.29, 1.82) is 5.41 Å². The normalized spacial score (nSPS) is 13.0. The molecular formula is C17H18FN3O2. The number of benzene rings is 2. The molecule has 0 saturated heterocycles. The highest BCUT2D eigenvalue weighted by atomic mass is 19.1. The van der Waals surface area contributed by atoms with Gasteiger partial charge in [0.05, 0.1) is 7.11 Å². The number of rotatable bonds is 5. The lowest BCUT2D eigenvalue weighted by Gasteiger charge is -2.24. The number of nitrogens with one attached hydrogen (secondary N) is 2. The van der Waals surface area contributed by atoms with Gasteiger partial charge in [-0.15, -0.1) is 0 Å². The first-order chi connectivity index (χ1) is 11.0. The predicted molar refractivity (Wildman–Crippen MR) is 86.0 cm³/mol. The molecule has 5 nitrogen and oxygen atoms in total. The lowest BCUT2D eigenvalue weighted by Crippen LogP contribution is -2.47. The van der Waals surface area contributed by atoms with Crippen molar-refractivity contribution in [2.75, 3.05) is 7.11 Å². The molecule has 0 aliphatic rings. The van der Waals surface area contributed by atoms with Gasteiger partial charge in [-0.3, -0.25) is 15.5 Å². The highest BCUT2D eigenvalue weighted by Gasteiger charge is 2.41. The number of hydrogen-bond acceptors (Lipinski definition) is 3. The van der Waals surface area contributed by atoms with Crippen LogP contribution >= 0.6 is 0 Å². The molecule has 1 atom stereocenters. The monoisotopic (exact) mass is 315 g/mol. The molecule has 0 spiro atoms. The lowest BCUT2D eigenvalue weighted by atomic mass is 9.88. The third-order valence-electron chi connectivity index (χ3n) is 3.45. The van der Waals surface area contributed by atoms with E-state index >= 15 is 4.39 Å². The zero-order chi connectivity index (χ0) is 16.9. The second-order valence-electron chi connectivity index (χ2n) is 5.06. The van der Waals surface area contributed by atoms with Crippen LogP contribution in [0.2, 0.25) is 0 Å². The zero-order valence-electron chi connectivity index (χ0n) is 12.7. The maximum atomic E-state index is 15.6. The highest BCUT2D eigenvalue weighted by molar-refractivity contribution is 5.99. The van der Waals surface area contributed by atoms with Crippen LogP contribution in [0.3, 0.4) is 0 Å². The largest absolute Gasteiger partial charge is 0.497 e. The predicted octanol–water partition coefficient (Wildman–Crippen LogP) is 2.11. The molecule has 0 heterocycles. The van der Waals surface area contributed by atoms with E-state index in [9.17, 15) is 4.79 Å². The molecule has 0 aliphatic carbocycles. The first kappa shape index (κ1) is 16.5. The van der Waals surface area contributed by atoms with Crippen molar-refractivity contribution < 1.29 is 13.9 Å². The molecule has 2 aromatic carbocycles. The second-order valence-corrected chi connectivity index (χ2v) is 5.06. The number of guanidine groups is 1. The van der Waals surface area contributed by atoms with Gasteiger partial charge in [0, 0.05) is 6.42 Å². The number of hydrogen-bond donors (Lipinski definition) is 3. The fourth-order valence-corrected chi connectivity index (χ4v) is 2.26. The average molecular weight is 315 g/mol. The molecule has 1 amide bonds. The minimum absolute atomic E-state index is 0.180. The fraction of sp³-hybridized carbons (Fsp3) is 0.176. The van der Waals surface area contributed by atoms with E-state index in [1.807, 2.05) is 5.32 Å². The van der Waals surface area contributed by atoms with Gasteiger partial charge in [-0.2, -0.15) is 0 Å². The summed E-state index contributed by atoms with van der Waals surface area (Å²) in [6.45, 7) is 0. The quantitative estimate of drug-likeness (QED) is 0.583. The minimum Gasteiger partial charge on any atom is -0.497 e. The van der Waals surface area contributed by atoms with Gasteiger partial charge in [0.25, 0.3) is 5.91 Å². The van der Waals surface area contributed by atoms with E-state index in [0.717, 1.165) is 0 Å². The number of halogens is 1. The van der Waals surface area contributed by atoms with Gasteiger partial charge in [-0.05, 0) is 23.3 Å². The van der Waals surface area contributed by atoms with Crippen molar-refractivity contribution in [3.63, 3.8) is 0 Å². The summed E-state index contributed by atoms with van der Waals surface area (Å²) in [5.74, 6) is -0.916. The number of alkyl halides is 1. The molecule has 0 unspecified atom stereocenters. The minimum atomic E-state index is -2.33. The van der Waals surface area contributed by atoms with E-state index in [2.05, 4.69) is 0 Å². The Morgan fingerprint density at radius 2 is 1.83 bits per heavy atom. The Bertz CT molecular complexity index is 689. The Morgan fingerprint density at radius 3 is 2.35 bits per heavy atom. The number of nitrogens with two attached hydrogens (primary N) is 1. The summed E-state index contributed by atoms with van der Waals surface area (Å²) < 4.78 is 20.6. The number of amides is 1. The Labute approximate surface area is 133 Å². The summed E-state index contributed by atoms with van der Waals surface area (Å²) >= 11 is 0. The van der Waals surface area contributed by atoms with Gasteiger partial charge in [0.2, 0.25) is 5.67 Å². The van der Waals surface area contributed by atoms with Crippen LogP contribution in [-0.4, -0.2) is 19.0 Å². The first-order valence-electron chi connectivity index (χ1n) is 6.98. The van der Waals surface area contributed by atoms with Gasteiger partial charge < -0.3 is 10.5 Å². The van der Waals surface area contributed by atoms with E-state index in [-0.39, 0.29) is 12.0 Å². The summed E-state index contributed by atoms with van der Waals surface area (Å²) in [5, 5.41) is 9.21. The Morgan fingerprint density at radius 1 is 1.22 bits per heavy atom. The van der Waals surface area contributed by atoms with E-state index in [1.54, 1.807) is 49.6 Å². The van der Waals surface area contributed by atoms with Crippen molar-refractivity contribution in [2.45, 2.75) is 12.1 Å². The van der Waals surface area contributed by atoms with E-state index < -0.39 is 17.5 Å². The van der Waals surface area contributed by atoms with Gasteiger partial charge >= 0.3 is 0 Å². The van der Waals surface area contributed by atoms with E-state index in [1.165, 1.54) is 12.1 Å². The number of carbonyl (C=O) groups excluding carboxylic acids is 1. The molecule has 0 aromatic heterocycles. The molecule has 6 heteroatoms. The van der Waals surface area contributed by atoms with Crippen LogP contribution in [0.25, 0.3) is 0 Å². The third kappa shape index (κ3) is 3.85. The molecule has 23 heavy (non-hydrogen) atoms. The molecule has 0 bridgehead atoms. The summed E-state index contributed by atoms with van der Waals surface area (Å²) in [6.07, 6.45) is -0.180. The van der Waals surface area contributed by atoms with Gasteiger partial charge in [0.1, 0.15) is 5.75 Å². The van der Waals surface area contributed by atoms with Crippen LogP contribution < -0.4 is 15.8 Å². The lowest BCUT2D eigenvalue weighted by molar-refractivity contribution is -0.132. The van der Waals surface area contributed by atoms with Gasteiger partial charge in [0.15, 0.2) is 5.96 Å². The molecule has 2 aromatic rings. The molecule has 0 fully saturated rings. The summed E-state index contributed by atoms with van der Waals surface area (Å²) in [4.78, 5) is 12.3. The molecule has 120 valence electrons. The molecule has 0 radical (unpaired) electrons. The molecule has 4 N–H and O–H groups in total. The summed E-state index contributed by atoms with van der Waals surface area (Å²) in [6, 6.07) is 14.9. The molecular weight excluding hydrogens is 297 g/mol. The van der Waals surface area contributed by atoms with Crippen molar-refractivity contribution in [2.24, 2.45) is 5.73 Å². The number of carbonyl (C=O) groups is 1. The maximum Gasteiger partial charge on any atom is 0.269 e. The molecule has 0 saturated carbocycles. The van der Waals surface area contributed by atoms with Crippen LogP contribution in [0, 0.1) is 5.41 Å². The summed E-state index contributed by atoms with van der Waals surface area (Å²) in [7, 11) is 1.54. The van der Waals surface area contributed by atoms with Crippen LogP contribution in [0.1, 0.15) is 11.1 Å². The van der Waals surface area contributed by atoms with Crippen LogP contribution in [-0.2, 0) is 16.9 Å². The van der Waals surface area contributed by atoms with Crippen molar-refractivity contribution in [3.05, 3.63) is 65.7 Å². The van der Waals surface area contributed by atoms with Gasteiger partial charge in [-0.1, -0.05) is 42.5 Å². The van der Waals surface area contributed by atoms with Gasteiger partial charge in [-0.25, -0.2) is 4.39 Å². The van der Waals surface area contributed by atoms with Crippen LogP contribution in [0.15, 0.2) is 54.6 Å². The molecule has 0 aliphatic heterocycles. The smallest absolute Gasteiger partial charge is 0.269 e. The van der Waals surface area contributed by atoms with Crippen molar-refractivity contribution in [3.8, 4) is 5.75 Å². The van der Waals surface area contributed by atoms with Crippen molar-refractivity contribution >= 4 is 11.9 Å². The number of methoxy groups -OCH3 is 1. The SMILES string of the molecule is COc1ccc(C[C@](F)(C(=O)NC(=N)N)c2ccccc2)cc1. The Balaban J connectivity index is 2.36. The van der Waals surface area contributed by atoms with Crippen LogP contribution in [0.4, 0.5) is 4.39 Å². The molecule has 2 rings (SSSR count). The third-order valence-corrected chi connectivity index (χ3v) is 3.45. The standard InChI is InChI=1S/C17H18FN3O2/c1-23-14-9-7-12(8-10-14)11-17(18,15(22)21-16(19)20)13-5-3-2-4-6-13/h2-10H,11H2,1H3,(H4,19,20,21,22)/t17-/m1/s1. The first-order valence-corrected chi connectivity index (χ1v) is 6.98. The fourth-order valence-electron chi connectivity index (χ4n) is 2.26. The zero-order valence-corrected chi connectivity index (χ0v) is 12.7.